The van der Waals surface area contributed by atoms with E-state index in [9.17, 15) is 9.59 Å². The molecule has 0 aliphatic heterocycles. The summed E-state index contributed by atoms with van der Waals surface area (Å²) in [6, 6.07) is 3.68. The van der Waals surface area contributed by atoms with Crippen molar-refractivity contribution in [3.8, 4) is 0 Å². The molecule has 15 heavy (non-hydrogen) atoms. The van der Waals surface area contributed by atoms with E-state index < -0.39 is 0 Å². The fraction of sp³-hybridized carbons (Fsp3) is 0.400. The molecule has 1 rings (SSSR count). The molecule has 0 aliphatic rings. The van der Waals surface area contributed by atoms with E-state index in [0.29, 0.717) is 10.9 Å². The SMILES string of the molecule is CC(=O)CC(=O)N(C)Cc1ccc(Cl)s1. The lowest BCUT2D eigenvalue weighted by molar-refractivity contribution is -0.134. The highest BCUT2D eigenvalue weighted by Gasteiger charge is 2.12. The molecule has 0 atom stereocenters. The van der Waals surface area contributed by atoms with Crippen LogP contribution in [0.5, 0.6) is 0 Å². The zero-order chi connectivity index (χ0) is 11.4. The number of carbonyl (C=O) groups is 2. The molecule has 0 radical (unpaired) electrons. The van der Waals surface area contributed by atoms with Crippen molar-refractivity contribution in [3.05, 3.63) is 21.3 Å². The number of thiophene rings is 1. The van der Waals surface area contributed by atoms with Crippen molar-refractivity contribution >= 4 is 34.6 Å². The van der Waals surface area contributed by atoms with E-state index >= 15 is 0 Å². The molecule has 1 aromatic rings. The fourth-order valence-electron chi connectivity index (χ4n) is 1.11. The molecule has 0 N–H and O–H groups in total. The third-order valence-corrected chi connectivity index (χ3v) is 3.06. The molecular formula is C10H12ClNO2S. The molecule has 0 aromatic carbocycles. The predicted octanol–water partition coefficient (Wildman–Crippen LogP) is 2.34. The molecule has 0 saturated heterocycles. The van der Waals surface area contributed by atoms with Gasteiger partial charge in [-0.05, 0) is 19.1 Å². The summed E-state index contributed by atoms with van der Waals surface area (Å²) in [6.45, 7) is 1.91. The van der Waals surface area contributed by atoms with Crippen molar-refractivity contribution in [3.63, 3.8) is 0 Å². The zero-order valence-corrected chi connectivity index (χ0v) is 10.2. The van der Waals surface area contributed by atoms with E-state index in [1.165, 1.54) is 23.2 Å². The van der Waals surface area contributed by atoms with Gasteiger partial charge in [0, 0.05) is 11.9 Å². The Bertz CT molecular complexity index is 375. The second kappa shape index (κ2) is 5.28. The molecule has 5 heteroatoms. The van der Waals surface area contributed by atoms with E-state index in [-0.39, 0.29) is 18.1 Å². The summed E-state index contributed by atoms with van der Waals surface area (Å²) < 4.78 is 0.706. The quantitative estimate of drug-likeness (QED) is 0.764. The summed E-state index contributed by atoms with van der Waals surface area (Å²) in [6.07, 6.45) is -0.0321. The Kier molecular flexibility index (Phi) is 4.29. The van der Waals surface area contributed by atoms with Gasteiger partial charge in [0.2, 0.25) is 5.91 Å². The summed E-state index contributed by atoms with van der Waals surface area (Å²) >= 11 is 7.21. The van der Waals surface area contributed by atoms with Gasteiger partial charge in [0.05, 0.1) is 17.3 Å². The van der Waals surface area contributed by atoms with Crippen LogP contribution in [0, 0.1) is 0 Å². The normalized spacial score (nSPS) is 10.1. The highest BCUT2D eigenvalue weighted by molar-refractivity contribution is 7.16. The Morgan fingerprint density at radius 3 is 2.60 bits per heavy atom. The van der Waals surface area contributed by atoms with Crippen molar-refractivity contribution in [2.75, 3.05) is 7.05 Å². The minimum Gasteiger partial charge on any atom is -0.340 e. The standard InChI is InChI=1S/C10H12ClNO2S/c1-7(13)5-10(14)12(2)6-8-3-4-9(11)15-8/h3-4H,5-6H2,1-2H3. The van der Waals surface area contributed by atoms with E-state index in [1.807, 2.05) is 6.07 Å². The number of ketones is 1. The van der Waals surface area contributed by atoms with Crippen LogP contribution in [0.25, 0.3) is 0 Å². The third kappa shape index (κ3) is 4.01. The molecule has 1 heterocycles. The van der Waals surface area contributed by atoms with Crippen molar-refractivity contribution in [1.82, 2.24) is 4.90 Å². The topological polar surface area (TPSA) is 37.4 Å². The number of halogens is 1. The lowest BCUT2D eigenvalue weighted by atomic mass is 10.3. The van der Waals surface area contributed by atoms with Crippen molar-refractivity contribution < 1.29 is 9.59 Å². The van der Waals surface area contributed by atoms with Gasteiger partial charge in [0.15, 0.2) is 0 Å². The maximum absolute atomic E-state index is 11.4. The number of amides is 1. The molecular weight excluding hydrogens is 234 g/mol. The van der Waals surface area contributed by atoms with Crippen LogP contribution in [0.1, 0.15) is 18.2 Å². The van der Waals surface area contributed by atoms with Gasteiger partial charge in [0.1, 0.15) is 5.78 Å². The van der Waals surface area contributed by atoms with Gasteiger partial charge in [-0.2, -0.15) is 0 Å². The Hall–Kier alpha value is -0.870. The molecule has 0 unspecified atom stereocenters. The molecule has 0 bridgehead atoms. The smallest absolute Gasteiger partial charge is 0.230 e. The van der Waals surface area contributed by atoms with Crippen molar-refractivity contribution in [1.29, 1.82) is 0 Å². The lowest BCUT2D eigenvalue weighted by Gasteiger charge is -2.14. The van der Waals surface area contributed by atoms with E-state index in [1.54, 1.807) is 13.1 Å². The van der Waals surface area contributed by atoms with E-state index in [0.717, 1.165) is 4.88 Å². The maximum atomic E-state index is 11.4. The Morgan fingerprint density at radius 2 is 2.13 bits per heavy atom. The highest BCUT2D eigenvalue weighted by atomic mass is 35.5. The number of Topliss-reactive ketones (excluding diaryl/α,β-unsaturated/α-hetero) is 1. The molecule has 0 aliphatic carbocycles. The number of hydrogen-bond acceptors (Lipinski definition) is 3. The van der Waals surface area contributed by atoms with Gasteiger partial charge < -0.3 is 4.90 Å². The minimum atomic E-state index is -0.160. The van der Waals surface area contributed by atoms with Crippen LogP contribution in [0.15, 0.2) is 12.1 Å². The molecule has 1 aromatic heterocycles. The van der Waals surface area contributed by atoms with E-state index in [4.69, 9.17) is 11.6 Å². The first-order chi connectivity index (χ1) is 6.99. The van der Waals surface area contributed by atoms with Gasteiger partial charge in [-0.15, -0.1) is 11.3 Å². The van der Waals surface area contributed by atoms with Crippen LogP contribution in [0.3, 0.4) is 0 Å². The zero-order valence-electron chi connectivity index (χ0n) is 8.62. The predicted molar refractivity (Wildman–Crippen MR) is 61.1 cm³/mol. The highest BCUT2D eigenvalue weighted by Crippen LogP contribution is 2.22. The van der Waals surface area contributed by atoms with Crippen LogP contribution in [-0.4, -0.2) is 23.6 Å². The first kappa shape index (κ1) is 12.2. The largest absolute Gasteiger partial charge is 0.340 e. The third-order valence-electron chi connectivity index (χ3n) is 1.85. The van der Waals surface area contributed by atoms with Gasteiger partial charge in [-0.3, -0.25) is 9.59 Å². The number of carbonyl (C=O) groups excluding carboxylic acids is 2. The first-order valence-electron chi connectivity index (χ1n) is 4.46. The van der Waals surface area contributed by atoms with E-state index in [2.05, 4.69) is 0 Å². The molecule has 0 fully saturated rings. The second-order valence-corrected chi connectivity index (χ2v) is 5.13. The van der Waals surface area contributed by atoms with Gasteiger partial charge in [-0.25, -0.2) is 0 Å². The summed E-state index contributed by atoms with van der Waals surface area (Å²) in [5.41, 5.74) is 0. The molecule has 1 amide bonds. The number of nitrogens with zero attached hydrogens (tertiary/aromatic N) is 1. The summed E-state index contributed by atoms with van der Waals surface area (Å²) in [4.78, 5) is 24.7. The van der Waals surface area contributed by atoms with Crippen LogP contribution in [-0.2, 0) is 16.1 Å². The maximum Gasteiger partial charge on any atom is 0.230 e. The first-order valence-corrected chi connectivity index (χ1v) is 5.66. The molecule has 0 spiro atoms. The fourth-order valence-corrected chi connectivity index (χ4v) is 2.25. The van der Waals surface area contributed by atoms with Crippen LogP contribution >= 0.6 is 22.9 Å². The summed E-state index contributed by atoms with van der Waals surface area (Å²) in [5.74, 6) is -0.275. The molecule has 0 saturated carbocycles. The summed E-state index contributed by atoms with van der Waals surface area (Å²) in [5, 5.41) is 0. The molecule has 82 valence electrons. The van der Waals surface area contributed by atoms with Gasteiger partial charge in [0.25, 0.3) is 0 Å². The average molecular weight is 246 g/mol. The van der Waals surface area contributed by atoms with Crippen LogP contribution < -0.4 is 0 Å². The van der Waals surface area contributed by atoms with Gasteiger partial charge >= 0.3 is 0 Å². The van der Waals surface area contributed by atoms with Gasteiger partial charge in [-0.1, -0.05) is 11.6 Å². The average Bonchev–Trinajstić information content (AvgIpc) is 2.50. The Balaban J connectivity index is 2.51. The van der Waals surface area contributed by atoms with Crippen molar-refractivity contribution in [2.24, 2.45) is 0 Å². The number of rotatable bonds is 4. The van der Waals surface area contributed by atoms with Crippen LogP contribution in [0.2, 0.25) is 4.34 Å². The minimum absolute atomic E-state index is 0.0321. The van der Waals surface area contributed by atoms with Crippen LogP contribution in [0.4, 0.5) is 0 Å². The molecule has 3 nitrogen and oxygen atoms in total. The number of hydrogen-bond donors (Lipinski definition) is 0. The van der Waals surface area contributed by atoms with Crippen molar-refractivity contribution in [2.45, 2.75) is 19.9 Å². The Labute approximate surface area is 97.6 Å². The monoisotopic (exact) mass is 245 g/mol. The second-order valence-electron chi connectivity index (χ2n) is 3.33. The Morgan fingerprint density at radius 1 is 1.47 bits per heavy atom. The lowest BCUT2D eigenvalue weighted by Crippen LogP contribution is -2.27. The summed E-state index contributed by atoms with van der Waals surface area (Å²) in [7, 11) is 1.68.